The highest BCUT2D eigenvalue weighted by Crippen LogP contribution is 2.29. The average Bonchev–Trinajstić information content (AvgIpc) is 2.89. The fraction of sp³-hybridized carbons (Fsp3) is 0.483. The lowest BCUT2D eigenvalue weighted by molar-refractivity contribution is -0.129. The fourth-order valence-corrected chi connectivity index (χ4v) is 4.80. The molecule has 1 atom stereocenters. The number of ether oxygens (including phenoxy) is 2. The highest BCUT2D eigenvalue weighted by molar-refractivity contribution is 5.92. The van der Waals surface area contributed by atoms with Gasteiger partial charge >= 0.3 is 0 Å². The Morgan fingerprint density at radius 3 is 2.57 bits per heavy atom. The maximum absolute atomic E-state index is 12.4. The Morgan fingerprint density at radius 1 is 1.09 bits per heavy atom. The van der Waals surface area contributed by atoms with Gasteiger partial charge in [0, 0.05) is 31.3 Å². The molecule has 2 aliphatic heterocycles. The summed E-state index contributed by atoms with van der Waals surface area (Å²) in [7, 11) is 0. The standard InChI is InChI=1S/C29H38N2O4/c1-22-7-8-26(19-23(22)2)24-11-13-30(14-12-24)20-27(32)21-35-28-6-4-3-5-25(28)9-10-29(33)31-15-17-34-18-16-31/h3-10,19,24,27,32H,11-18,20-21H2,1-2H3. The van der Waals surface area contributed by atoms with E-state index in [1.807, 2.05) is 24.3 Å². The minimum Gasteiger partial charge on any atom is -0.490 e. The van der Waals surface area contributed by atoms with Crippen LogP contribution >= 0.6 is 0 Å². The smallest absolute Gasteiger partial charge is 0.246 e. The van der Waals surface area contributed by atoms with E-state index in [9.17, 15) is 9.90 Å². The molecule has 0 aromatic heterocycles. The zero-order chi connectivity index (χ0) is 24.6. The lowest BCUT2D eigenvalue weighted by atomic mass is 9.88. The van der Waals surface area contributed by atoms with Gasteiger partial charge in [-0.2, -0.15) is 0 Å². The third-order valence-corrected chi connectivity index (χ3v) is 7.14. The molecule has 2 saturated heterocycles. The van der Waals surface area contributed by atoms with E-state index < -0.39 is 6.10 Å². The molecule has 0 saturated carbocycles. The molecule has 0 bridgehead atoms. The van der Waals surface area contributed by atoms with Gasteiger partial charge in [-0.1, -0.05) is 36.4 Å². The summed E-state index contributed by atoms with van der Waals surface area (Å²) in [5.41, 5.74) is 4.97. The van der Waals surface area contributed by atoms with Crippen LogP contribution < -0.4 is 4.74 Å². The Morgan fingerprint density at radius 2 is 1.83 bits per heavy atom. The molecule has 1 amide bonds. The number of aliphatic hydroxyl groups excluding tert-OH is 1. The number of morpholine rings is 1. The number of piperidine rings is 1. The van der Waals surface area contributed by atoms with Gasteiger partial charge in [-0.3, -0.25) is 4.79 Å². The molecule has 35 heavy (non-hydrogen) atoms. The van der Waals surface area contributed by atoms with Gasteiger partial charge in [-0.25, -0.2) is 0 Å². The molecular formula is C29H38N2O4. The quantitative estimate of drug-likeness (QED) is 0.585. The van der Waals surface area contributed by atoms with Crippen molar-refractivity contribution in [2.24, 2.45) is 0 Å². The van der Waals surface area contributed by atoms with Crippen LogP contribution in [-0.4, -0.2) is 79.5 Å². The fourth-order valence-electron chi connectivity index (χ4n) is 4.80. The zero-order valence-corrected chi connectivity index (χ0v) is 21.0. The molecular weight excluding hydrogens is 440 g/mol. The lowest BCUT2D eigenvalue weighted by Crippen LogP contribution is -2.40. The second-order valence-electron chi connectivity index (χ2n) is 9.69. The Hall–Kier alpha value is -2.67. The van der Waals surface area contributed by atoms with E-state index in [1.54, 1.807) is 17.1 Å². The molecule has 1 N–H and O–H groups in total. The van der Waals surface area contributed by atoms with Crippen LogP contribution in [0, 0.1) is 13.8 Å². The number of likely N-dealkylation sites (tertiary alicyclic amines) is 1. The number of aliphatic hydroxyl groups is 1. The molecule has 2 heterocycles. The van der Waals surface area contributed by atoms with Crippen molar-refractivity contribution in [1.82, 2.24) is 9.80 Å². The maximum Gasteiger partial charge on any atom is 0.246 e. The van der Waals surface area contributed by atoms with Crippen molar-refractivity contribution in [3.05, 3.63) is 70.8 Å². The molecule has 6 heteroatoms. The summed E-state index contributed by atoms with van der Waals surface area (Å²) in [5.74, 6) is 1.25. The number of para-hydroxylation sites is 1. The minimum absolute atomic E-state index is 0.0210. The van der Waals surface area contributed by atoms with Crippen LogP contribution in [0.1, 0.15) is 41.0 Å². The minimum atomic E-state index is -0.569. The molecule has 4 rings (SSSR count). The summed E-state index contributed by atoms with van der Waals surface area (Å²) >= 11 is 0. The lowest BCUT2D eigenvalue weighted by Gasteiger charge is -2.33. The van der Waals surface area contributed by atoms with E-state index in [-0.39, 0.29) is 12.5 Å². The number of hydrogen-bond donors (Lipinski definition) is 1. The van der Waals surface area contributed by atoms with Crippen LogP contribution in [0.2, 0.25) is 0 Å². The van der Waals surface area contributed by atoms with Gasteiger partial charge in [0.2, 0.25) is 5.91 Å². The second-order valence-corrected chi connectivity index (χ2v) is 9.69. The molecule has 0 aliphatic carbocycles. The maximum atomic E-state index is 12.4. The summed E-state index contributed by atoms with van der Waals surface area (Å²) in [6, 6.07) is 14.4. The first-order valence-electron chi connectivity index (χ1n) is 12.7. The molecule has 2 fully saturated rings. The predicted octanol–water partition coefficient (Wildman–Crippen LogP) is 3.79. The third kappa shape index (κ3) is 7.17. The van der Waals surface area contributed by atoms with Crippen LogP contribution in [0.3, 0.4) is 0 Å². The van der Waals surface area contributed by atoms with Gasteiger partial charge in [0.05, 0.1) is 13.2 Å². The van der Waals surface area contributed by atoms with E-state index >= 15 is 0 Å². The van der Waals surface area contributed by atoms with Crippen LogP contribution in [0.5, 0.6) is 5.75 Å². The van der Waals surface area contributed by atoms with Gasteiger partial charge in [0.25, 0.3) is 0 Å². The van der Waals surface area contributed by atoms with Gasteiger partial charge in [-0.05, 0) is 74.5 Å². The first-order valence-corrected chi connectivity index (χ1v) is 12.7. The normalized spacial score (nSPS) is 18.7. The molecule has 0 spiro atoms. The number of carbonyl (C=O) groups is 1. The molecule has 2 aliphatic rings. The van der Waals surface area contributed by atoms with E-state index in [0.717, 1.165) is 31.5 Å². The van der Waals surface area contributed by atoms with E-state index in [4.69, 9.17) is 9.47 Å². The average molecular weight is 479 g/mol. The molecule has 188 valence electrons. The predicted molar refractivity (Wildman–Crippen MR) is 139 cm³/mol. The Bertz CT molecular complexity index is 1010. The number of carbonyl (C=O) groups excluding carboxylic acids is 1. The molecule has 6 nitrogen and oxygen atoms in total. The van der Waals surface area contributed by atoms with Crippen LogP contribution in [0.4, 0.5) is 0 Å². The number of rotatable bonds is 8. The zero-order valence-electron chi connectivity index (χ0n) is 21.0. The molecule has 2 aromatic rings. The SMILES string of the molecule is Cc1ccc(C2CCN(CC(O)COc3ccccc3C=CC(=O)N3CCOCC3)CC2)cc1C. The van der Waals surface area contributed by atoms with Gasteiger partial charge in [0.1, 0.15) is 18.5 Å². The van der Waals surface area contributed by atoms with Crippen LogP contribution in [0.15, 0.2) is 48.5 Å². The highest BCUT2D eigenvalue weighted by Gasteiger charge is 2.23. The van der Waals surface area contributed by atoms with Crippen molar-refractivity contribution in [3.63, 3.8) is 0 Å². The second kappa shape index (κ2) is 12.3. The van der Waals surface area contributed by atoms with Crippen molar-refractivity contribution in [1.29, 1.82) is 0 Å². The van der Waals surface area contributed by atoms with Crippen molar-refractivity contribution >= 4 is 12.0 Å². The molecule has 2 aromatic carbocycles. The topological polar surface area (TPSA) is 62.2 Å². The summed E-state index contributed by atoms with van der Waals surface area (Å²) in [4.78, 5) is 16.5. The number of hydrogen-bond acceptors (Lipinski definition) is 5. The first kappa shape index (κ1) is 25.4. The van der Waals surface area contributed by atoms with E-state index in [2.05, 4.69) is 36.9 Å². The Kier molecular flexibility index (Phi) is 8.96. The summed E-state index contributed by atoms with van der Waals surface area (Å²) < 4.78 is 11.3. The third-order valence-electron chi connectivity index (χ3n) is 7.14. The number of amides is 1. The summed E-state index contributed by atoms with van der Waals surface area (Å²) in [6.07, 6.45) is 5.03. The summed E-state index contributed by atoms with van der Waals surface area (Å²) in [5, 5.41) is 10.6. The van der Waals surface area contributed by atoms with Crippen molar-refractivity contribution < 1.29 is 19.4 Å². The van der Waals surface area contributed by atoms with Crippen molar-refractivity contribution in [2.75, 3.05) is 52.5 Å². The van der Waals surface area contributed by atoms with E-state index in [0.29, 0.717) is 44.5 Å². The molecule has 0 radical (unpaired) electrons. The Balaban J connectivity index is 1.24. The van der Waals surface area contributed by atoms with E-state index in [1.165, 1.54) is 16.7 Å². The van der Waals surface area contributed by atoms with Gasteiger partial charge in [0.15, 0.2) is 0 Å². The number of β-amino-alcohol motifs (C(OH)–C–C–N with tert-alkyl or cyclic N) is 1. The largest absolute Gasteiger partial charge is 0.490 e. The highest BCUT2D eigenvalue weighted by atomic mass is 16.5. The number of aryl methyl sites for hydroxylation is 2. The first-order chi connectivity index (χ1) is 17.0. The van der Waals surface area contributed by atoms with Crippen molar-refractivity contribution in [3.8, 4) is 5.75 Å². The van der Waals surface area contributed by atoms with Gasteiger partial charge in [-0.15, -0.1) is 0 Å². The number of benzene rings is 2. The van der Waals surface area contributed by atoms with Crippen LogP contribution in [0.25, 0.3) is 6.08 Å². The Labute approximate surface area is 209 Å². The molecule has 1 unspecified atom stereocenters. The van der Waals surface area contributed by atoms with Gasteiger partial charge < -0.3 is 24.4 Å². The van der Waals surface area contributed by atoms with Crippen molar-refractivity contribution in [2.45, 2.75) is 38.7 Å². The summed E-state index contributed by atoms with van der Waals surface area (Å²) in [6.45, 7) is 9.54. The number of nitrogens with zero attached hydrogens (tertiary/aromatic N) is 2. The van der Waals surface area contributed by atoms with Crippen LogP contribution in [-0.2, 0) is 9.53 Å². The monoisotopic (exact) mass is 478 g/mol.